The molecule has 1 aliphatic heterocycles. The van der Waals surface area contributed by atoms with Crippen LogP contribution in [0.4, 0.5) is 0 Å². The molecule has 1 aliphatic carbocycles. The second kappa shape index (κ2) is 13.7. The van der Waals surface area contributed by atoms with Gasteiger partial charge in [0.05, 0.1) is 12.1 Å². The number of nitrogens with two attached hydrogens (primary N) is 2. The van der Waals surface area contributed by atoms with Gasteiger partial charge in [0, 0.05) is 25.4 Å². The van der Waals surface area contributed by atoms with E-state index in [9.17, 15) is 24.3 Å². The topological polar surface area (TPSA) is 168 Å². The van der Waals surface area contributed by atoms with E-state index < -0.39 is 36.0 Å². The first-order valence-corrected chi connectivity index (χ1v) is 12.8. The Morgan fingerprint density at radius 3 is 2.32 bits per heavy atom. The van der Waals surface area contributed by atoms with Gasteiger partial charge in [-0.2, -0.15) is 0 Å². The number of hydrogen-bond acceptors (Lipinski definition) is 7. The van der Waals surface area contributed by atoms with Crippen LogP contribution in [0.5, 0.6) is 0 Å². The number of rotatable bonds is 12. The average Bonchev–Trinajstić information content (AvgIpc) is 3.32. The Morgan fingerprint density at radius 2 is 1.74 bits per heavy atom. The van der Waals surface area contributed by atoms with Crippen LogP contribution in [0, 0.1) is 5.92 Å². The first-order chi connectivity index (χ1) is 16.2. The minimum absolute atomic E-state index is 0.148. The van der Waals surface area contributed by atoms with Crippen LogP contribution in [0.3, 0.4) is 0 Å². The van der Waals surface area contributed by atoms with Crippen molar-refractivity contribution in [3.8, 4) is 0 Å². The Hall–Kier alpha value is -2.04. The first-order valence-electron chi connectivity index (χ1n) is 12.8. The number of nitrogens with one attached hydrogen (secondary N) is 2. The van der Waals surface area contributed by atoms with Gasteiger partial charge in [0.15, 0.2) is 5.78 Å². The molecule has 5 atom stereocenters. The van der Waals surface area contributed by atoms with Crippen molar-refractivity contribution in [2.45, 2.75) is 108 Å². The molecule has 2 aliphatic rings. The van der Waals surface area contributed by atoms with Crippen molar-refractivity contribution in [3.63, 3.8) is 0 Å². The molecule has 2 fully saturated rings. The van der Waals surface area contributed by atoms with Crippen LogP contribution < -0.4 is 22.1 Å². The molecule has 1 saturated carbocycles. The number of likely N-dealkylation sites (tertiary alicyclic amines) is 1. The molecule has 2 rings (SSSR count). The number of ketones is 1. The van der Waals surface area contributed by atoms with Crippen molar-refractivity contribution >= 4 is 23.5 Å². The van der Waals surface area contributed by atoms with Gasteiger partial charge >= 0.3 is 0 Å². The highest BCUT2D eigenvalue weighted by Gasteiger charge is 2.38. The normalized spacial score (nSPS) is 22.5. The van der Waals surface area contributed by atoms with Gasteiger partial charge in [-0.05, 0) is 51.5 Å². The Morgan fingerprint density at radius 1 is 1.06 bits per heavy atom. The van der Waals surface area contributed by atoms with E-state index in [4.69, 9.17) is 11.5 Å². The highest BCUT2D eigenvalue weighted by atomic mass is 16.3. The highest BCUT2D eigenvalue weighted by Crippen LogP contribution is 2.28. The minimum atomic E-state index is -1.25. The number of amides is 3. The third kappa shape index (κ3) is 7.74. The van der Waals surface area contributed by atoms with Gasteiger partial charge in [-0.1, -0.05) is 26.2 Å². The van der Waals surface area contributed by atoms with Gasteiger partial charge in [0.25, 0.3) is 0 Å². The largest absolute Gasteiger partial charge is 0.391 e. The Bertz CT molecular complexity index is 710. The average molecular weight is 482 g/mol. The maximum Gasteiger partial charge on any atom is 0.245 e. The zero-order valence-electron chi connectivity index (χ0n) is 20.6. The molecule has 0 spiro atoms. The van der Waals surface area contributed by atoms with Gasteiger partial charge < -0.3 is 32.1 Å². The summed E-state index contributed by atoms with van der Waals surface area (Å²) in [4.78, 5) is 52.5. The first kappa shape index (κ1) is 28.2. The summed E-state index contributed by atoms with van der Waals surface area (Å²) < 4.78 is 0. The number of nitrogens with zero attached hydrogens (tertiary/aromatic N) is 1. The fourth-order valence-electron chi connectivity index (χ4n) is 5.03. The lowest BCUT2D eigenvalue weighted by Crippen LogP contribution is -2.59. The summed E-state index contributed by atoms with van der Waals surface area (Å²) in [6.45, 7) is 3.76. The van der Waals surface area contributed by atoms with Crippen LogP contribution in [0.2, 0.25) is 0 Å². The number of carbonyl (C=O) groups excluding carboxylic acids is 4. The summed E-state index contributed by atoms with van der Waals surface area (Å²) in [5, 5.41) is 15.4. The molecule has 10 heteroatoms. The van der Waals surface area contributed by atoms with Crippen LogP contribution in [0.25, 0.3) is 0 Å². The summed E-state index contributed by atoms with van der Waals surface area (Å²) in [5.74, 6) is -1.13. The molecule has 1 saturated heterocycles. The number of carbonyl (C=O) groups is 4. The predicted octanol–water partition coefficient (Wildman–Crippen LogP) is -0.0466. The van der Waals surface area contributed by atoms with E-state index in [0.717, 1.165) is 25.7 Å². The summed E-state index contributed by atoms with van der Waals surface area (Å²) >= 11 is 0. The monoisotopic (exact) mass is 481 g/mol. The SMILES string of the molecule is CCC(=O)[C@H](CCN)NC(=O)[C@@H](NC(=O)[C@@H]1CCCN1C(=O)CC(N)C1CCCCC1)C(C)O. The molecule has 0 aromatic rings. The lowest BCUT2D eigenvalue weighted by atomic mass is 9.83. The lowest BCUT2D eigenvalue weighted by molar-refractivity contribution is -0.141. The van der Waals surface area contributed by atoms with Crippen molar-refractivity contribution < 1.29 is 24.3 Å². The van der Waals surface area contributed by atoms with Crippen molar-refractivity contribution in [1.29, 1.82) is 0 Å². The van der Waals surface area contributed by atoms with E-state index in [1.165, 1.54) is 13.3 Å². The number of Topliss-reactive ketones (excluding diaryl/α,β-unsaturated/α-hetero) is 1. The van der Waals surface area contributed by atoms with Crippen molar-refractivity contribution in [2.75, 3.05) is 13.1 Å². The summed E-state index contributed by atoms with van der Waals surface area (Å²) in [6, 6.07) is -2.95. The molecule has 194 valence electrons. The van der Waals surface area contributed by atoms with Crippen LogP contribution in [-0.2, 0) is 19.2 Å². The van der Waals surface area contributed by atoms with Crippen molar-refractivity contribution in [1.82, 2.24) is 15.5 Å². The van der Waals surface area contributed by atoms with E-state index in [-0.39, 0.29) is 43.5 Å². The fourth-order valence-corrected chi connectivity index (χ4v) is 5.03. The standard InChI is InChI=1S/C24H43N5O5/c1-3-20(31)18(11-12-25)27-24(34)22(15(2)30)28-23(33)19-10-7-13-29(19)21(32)14-17(26)16-8-5-4-6-9-16/h15-19,22,30H,3-14,25-26H2,1-2H3,(H,27,34)(H,28,33)/t15?,17?,18-,19-,22-/m0/s1. The van der Waals surface area contributed by atoms with E-state index in [1.54, 1.807) is 11.8 Å². The lowest BCUT2D eigenvalue weighted by Gasteiger charge is -2.31. The second-order valence-corrected chi connectivity index (χ2v) is 9.70. The molecule has 7 N–H and O–H groups in total. The molecule has 0 radical (unpaired) electrons. The molecule has 34 heavy (non-hydrogen) atoms. The van der Waals surface area contributed by atoms with Crippen molar-refractivity contribution in [2.24, 2.45) is 17.4 Å². The molecular weight excluding hydrogens is 438 g/mol. The molecular formula is C24H43N5O5. The molecule has 2 unspecified atom stereocenters. The van der Waals surface area contributed by atoms with E-state index >= 15 is 0 Å². The molecule has 0 aromatic heterocycles. The third-order valence-corrected chi connectivity index (χ3v) is 7.11. The molecule has 1 heterocycles. The number of aliphatic hydroxyl groups excluding tert-OH is 1. The van der Waals surface area contributed by atoms with E-state index in [1.807, 2.05) is 0 Å². The van der Waals surface area contributed by atoms with Crippen molar-refractivity contribution in [3.05, 3.63) is 0 Å². The minimum Gasteiger partial charge on any atom is -0.391 e. The summed E-state index contributed by atoms with van der Waals surface area (Å²) in [5.41, 5.74) is 11.9. The Kier molecular flexibility index (Phi) is 11.4. The van der Waals surface area contributed by atoms with Crippen LogP contribution in [0.15, 0.2) is 0 Å². The quantitative estimate of drug-likeness (QED) is 0.260. The number of hydrogen-bond donors (Lipinski definition) is 5. The molecule has 0 aromatic carbocycles. The zero-order chi connectivity index (χ0) is 25.3. The van der Waals surface area contributed by atoms with Gasteiger partial charge in [0.2, 0.25) is 17.7 Å². The van der Waals surface area contributed by atoms with Gasteiger partial charge in [0.1, 0.15) is 12.1 Å². The predicted molar refractivity (Wildman–Crippen MR) is 128 cm³/mol. The third-order valence-electron chi connectivity index (χ3n) is 7.11. The Labute approximate surface area is 202 Å². The highest BCUT2D eigenvalue weighted by molar-refractivity contribution is 5.95. The second-order valence-electron chi connectivity index (χ2n) is 9.70. The van der Waals surface area contributed by atoms with Gasteiger partial charge in [-0.15, -0.1) is 0 Å². The van der Waals surface area contributed by atoms with Crippen LogP contribution in [0.1, 0.15) is 78.1 Å². The van der Waals surface area contributed by atoms with Crippen LogP contribution in [-0.4, -0.2) is 76.9 Å². The van der Waals surface area contributed by atoms with E-state index in [0.29, 0.717) is 25.3 Å². The van der Waals surface area contributed by atoms with Gasteiger partial charge in [-0.3, -0.25) is 19.2 Å². The fraction of sp³-hybridized carbons (Fsp3) is 0.833. The Balaban J connectivity index is 2.00. The van der Waals surface area contributed by atoms with Crippen LogP contribution >= 0.6 is 0 Å². The molecule has 10 nitrogen and oxygen atoms in total. The zero-order valence-corrected chi connectivity index (χ0v) is 20.6. The van der Waals surface area contributed by atoms with E-state index in [2.05, 4.69) is 10.6 Å². The maximum absolute atomic E-state index is 13.1. The molecule has 0 bridgehead atoms. The van der Waals surface area contributed by atoms with Gasteiger partial charge in [-0.25, -0.2) is 0 Å². The smallest absolute Gasteiger partial charge is 0.245 e. The summed E-state index contributed by atoms with van der Waals surface area (Å²) in [7, 11) is 0. The summed E-state index contributed by atoms with van der Waals surface area (Å²) in [6.07, 6.45) is 6.24. The maximum atomic E-state index is 13.1. The molecule has 3 amide bonds. The number of aliphatic hydroxyl groups is 1.